The molecule has 3 aromatic rings. The monoisotopic (exact) mass is 319 g/mol. The van der Waals surface area contributed by atoms with Crippen LogP contribution in [0.4, 0.5) is 10.5 Å². The van der Waals surface area contributed by atoms with E-state index in [1.165, 1.54) is 16.6 Å². The van der Waals surface area contributed by atoms with Crippen LogP contribution in [0.25, 0.3) is 10.9 Å². The van der Waals surface area contributed by atoms with Gasteiger partial charge in [-0.2, -0.15) is 0 Å². The van der Waals surface area contributed by atoms with Crippen molar-refractivity contribution < 1.29 is 4.79 Å². The maximum atomic E-state index is 12.7. The Kier molecular flexibility index (Phi) is 3.73. The highest BCUT2D eigenvalue weighted by molar-refractivity contribution is 5.91. The summed E-state index contributed by atoms with van der Waals surface area (Å²) in [6.07, 6.45) is 1.77. The van der Waals surface area contributed by atoms with Crippen LogP contribution in [0.2, 0.25) is 0 Å². The van der Waals surface area contributed by atoms with Crippen molar-refractivity contribution in [3.8, 4) is 0 Å². The SMILES string of the molecule is CCc1ccccc1NC(=O)N1CCc2[nH]c3ccccc3c2C1. The van der Waals surface area contributed by atoms with Crippen LogP contribution in [-0.2, 0) is 19.4 Å². The molecule has 2 aromatic carbocycles. The number of aromatic nitrogens is 1. The number of aromatic amines is 1. The van der Waals surface area contributed by atoms with Crippen LogP contribution in [0.5, 0.6) is 0 Å². The summed E-state index contributed by atoms with van der Waals surface area (Å²) < 4.78 is 0. The van der Waals surface area contributed by atoms with Crippen molar-refractivity contribution in [2.24, 2.45) is 0 Å². The number of hydrogen-bond donors (Lipinski definition) is 2. The molecule has 24 heavy (non-hydrogen) atoms. The molecule has 4 heteroatoms. The maximum absolute atomic E-state index is 12.7. The fourth-order valence-electron chi connectivity index (χ4n) is 3.48. The van der Waals surface area contributed by atoms with E-state index in [1.807, 2.05) is 35.2 Å². The average Bonchev–Trinajstić information content (AvgIpc) is 3.00. The van der Waals surface area contributed by atoms with Crippen LogP contribution in [-0.4, -0.2) is 22.5 Å². The molecule has 0 bridgehead atoms. The fourth-order valence-corrected chi connectivity index (χ4v) is 3.48. The normalized spacial score (nSPS) is 13.8. The molecule has 0 unspecified atom stereocenters. The van der Waals surface area contributed by atoms with Crippen LogP contribution in [0.3, 0.4) is 0 Å². The van der Waals surface area contributed by atoms with Crippen molar-refractivity contribution in [2.75, 3.05) is 11.9 Å². The lowest BCUT2D eigenvalue weighted by Crippen LogP contribution is -2.38. The first-order valence-corrected chi connectivity index (χ1v) is 8.48. The van der Waals surface area contributed by atoms with Gasteiger partial charge < -0.3 is 15.2 Å². The van der Waals surface area contributed by atoms with Gasteiger partial charge in [0.05, 0.1) is 0 Å². The number of H-pyrrole nitrogens is 1. The molecule has 2 amide bonds. The van der Waals surface area contributed by atoms with Gasteiger partial charge in [0.15, 0.2) is 0 Å². The van der Waals surface area contributed by atoms with Gasteiger partial charge in [-0.15, -0.1) is 0 Å². The molecule has 4 nitrogen and oxygen atoms in total. The minimum Gasteiger partial charge on any atom is -0.358 e. The first-order valence-electron chi connectivity index (χ1n) is 8.48. The van der Waals surface area contributed by atoms with E-state index in [2.05, 4.69) is 35.4 Å². The highest BCUT2D eigenvalue weighted by Crippen LogP contribution is 2.28. The predicted octanol–water partition coefficient (Wildman–Crippen LogP) is 4.32. The smallest absolute Gasteiger partial charge is 0.322 e. The molecule has 122 valence electrons. The zero-order valence-corrected chi connectivity index (χ0v) is 13.8. The Bertz CT molecular complexity index is 897. The van der Waals surface area contributed by atoms with Crippen LogP contribution in [0, 0.1) is 0 Å². The molecule has 1 aliphatic rings. The summed E-state index contributed by atoms with van der Waals surface area (Å²) in [5, 5.41) is 4.30. The van der Waals surface area contributed by atoms with Crippen molar-refractivity contribution in [3.63, 3.8) is 0 Å². The summed E-state index contributed by atoms with van der Waals surface area (Å²) in [6, 6.07) is 16.3. The fraction of sp³-hybridized carbons (Fsp3) is 0.250. The first-order chi connectivity index (χ1) is 11.8. The van der Waals surface area contributed by atoms with E-state index in [0.717, 1.165) is 36.2 Å². The van der Waals surface area contributed by atoms with Crippen molar-refractivity contribution in [3.05, 3.63) is 65.4 Å². The number of urea groups is 1. The van der Waals surface area contributed by atoms with Crippen LogP contribution >= 0.6 is 0 Å². The molecule has 4 rings (SSSR count). The third-order valence-electron chi connectivity index (χ3n) is 4.81. The van der Waals surface area contributed by atoms with E-state index in [1.54, 1.807) is 0 Å². The molecular weight excluding hydrogens is 298 g/mol. The summed E-state index contributed by atoms with van der Waals surface area (Å²) >= 11 is 0. The van der Waals surface area contributed by atoms with Crippen molar-refractivity contribution in [2.45, 2.75) is 26.3 Å². The van der Waals surface area contributed by atoms with Gasteiger partial charge >= 0.3 is 6.03 Å². The van der Waals surface area contributed by atoms with E-state index in [0.29, 0.717) is 6.54 Å². The molecule has 0 saturated heterocycles. The molecule has 0 radical (unpaired) electrons. The Morgan fingerprint density at radius 3 is 2.83 bits per heavy atom. The Labute approximate surface area is 141 Å². The third-order valence-corrected chi connectivity index (χ3v) is 4.81. The van der Waals surface area contributed by atoms with Crippen molar-refractivity contribution in [1.29, 1.82) is 0 Å². The number of carbonyl (C=O) groups excluding carboxylic acids is 1. The number of benzene rings is 2. The molecule has 0 atom stereocenters. The lowest BCUT2D eigenvalue weighted by atomic mass is 10.0. The second-order valence-corrected chi connectivity index (χ2v) is 6.24. The van der Waals surface area contributed by atoms with Crippen molar-refractivity contribution in [1.82, 2.24) is 9.88 Å². The minimum absolute atomic E-state index is 0.0215. The number of carbonyl (C=O) groups is 1. The zero-order chi connectivity index (χ0) is 16.5. The molecule has 1 aromatic heterocycles. The second-order valence-electron chi connectivity index (χ2n) is 6.24. The number of nitrogens with zero attached hydrogens (tertiary/aromatic N) is 1. The average molecular weight is 319 g/mol. The Balaban J connectivity index is 1.57. The summed E-state index contributed by atoms with van der Waals surface area (Å²) in [5.41, 5.74) is 5.73. The number of fused-ring (bicyclic) bond motifs is 3. The molecule has 0 saturated carbocycles. The topological polar surface area (TPSA) is 48.1 Å². The standard InChI is InChI=1S/C20H21N3O/c1-2-14-7-3-5-9-17(14)22-20(24)23-12-11-19-16(13-23)15-8-4-6-10-18(15)21-19/h3-10,21H,2,11-13H2,1H3,(H,22,24). The van der Waals surface area contributed by atoms with Gasteiger partial charge in [-0.1, -0.05) is 43.3 Å². The van der Waals surface area contributed by atoms with Gasteiger partial charge in [0.2, 0.25) is 0 Å². The van der Waals surface area contributed by atoms with Gasteiger partial charge in [0.25, 0.3) is 0 Å². The molecule has 0 spiro atoms. The zero-order valence-electron chi connectivity index (χ0n) is 13.8. The van der Waals surface area contributed by atoms with Gasteiger partial charge in [-0.3, -0.25) is 0 Å². The Morgan fingerprint density at radius 2 is 1.96 bits per heavy atom. The highest BCUT2D eigenvalue weighted by atomic mass is 16.2. The number of amides is 2. The number of aryl methyl sites for hydroxylation is 1. The predicted molar refractivity (Wildman–Crippen MR) is 97.3 cm³/mol. The Hall–Kier alpha value is -2.75. The lowest BCUT2D eigenvalue weighted by Gasteiger charge is -2.27. The molecule has 2 N–H and O–H groups in total. The molecule has 0 fully saturated rings. The number of nitrogens with one attached hydrogen (secondary N) is 2. The number of anilines is 1. The molecule has 1 aliphatic heterocycles. The maximum Gasteiger partial charge on any atom is 0.322 e. The van der Waals surface area contributed by atoms with Gasteiger partial charge in [-0.05, 0) is 24.1 Å². The Morgan fingerprint density at radius 1 is 1.17 bits per heavy atom. The van der Waals surface area contributed by atoms with E-state index < -0.39 is 0 Å². The van der Waals surface area contributed by atoms with Gasteiger partial charge in [-0.25, -0.2) is 4.79 Å². The van der Waals surface area contributed by atoms with Crippen LogP contribution in [0.15, 0.2) is 48.5 Å². The number of rotatable bonds is 2. The van der Waals surface area contributed by atoms with Crippen LogP contribution < -0.4 is 5.32 Å². The largest absolute Gasteiger partial charge is 0.358 e. The van der Waals surface area contributed by atoms with Crippen molar-refractivity contribution >= 4 is 22.6 Å². The first kappa shape index (κ1) is 14.8. The van der Waals surface area contributed by atoms with Gasteiger partial charge in [0.1, 0.15) is 0 Å². The number of para-hydroxylation sites is 2. The van der Waals surface area contributed by atoms with Crippen LogP contribution in [0.1, 0.15) is 23.7 Å². The molecular formula is C20H21N3O. The van der Waals surface area contributed by atoms with Gasteiger partial charge in [0, 0.05) is 47.4 Å². The minimum atomic E-state index is -0.0215. The quantitative estimate of drug-likeness (QED) is 0.726. The summed E-state index contributed by atoms with van der Waals surface area (Å²) in [4.78, 5) is 18.1. The molecule has 2 heterocycles. The highest BCUT2D eigenvalue weighted by Gasteiger charge is 2.24. The number of hydrogen-bond acceptors (Lipinski definition) is 1. The van der Waals surface area contributed by atoms with E-state index >= 15 is 0 Å². The third kappa shape index (κ3) is 2.54. The summed E-state index contributed by atoms with van der Waals surface area (Å²) in [7, 11) is 0. The van der Waals surface area contributed by atoms with E-state index in [-0.39, 0.29) is 6.03 Å². The molecule has 0 aliphatic carbocycles. The van der Waals surface area contributed by atoms with E-state index in [9.17, 15) is 4.79 Å². The lowest BCUT2D eigenvalue weighted by molar-refractivity contribution is 0.206. The summed E-state index contributed by atoms with van der Waals surface area (Å²) in [5.74, 6) is 0. The second kappa shape index (κ2) is 6.04. The van der Waals surface area contributed by atoms with E-state index in [4.69, 9.17) is 0 Å². The summed E-state index contributed by atoms with van der Waals surface area (Å²) in [6.45, 7) is 3.49.